The van der Waals surface area contributed by atoms with Crippen LogP contribution in [0.15, 0.2) is 73.8 Å². The van der Waals surface area contributed by atoms with E-state index in [-0.39, 0.29) is 54.0 Å². The van der Waals surface area contributed by atoms with Crippen molar-refractivity contribution >= 4 is 90.5 Å². The molecule has 26 nitrogen and oxygen atoms in total. The third kappa shape index (κ3) is 15.6. The number of aromatic nitrogens is 8. The van der Waals surface area contributed by atoms with E-state index in [1.54, 1.807) is 46.5 Å². The molecule has 0 radical (unpaired) electrons. The number of anilines is 4. The second-order valence-electron chi connectivity index (χ2n) is 33.4. The summed E-state index contributed by atoms with van der Waals surface area (Å²) in [5.74, 6) is 2.13. The number of H-pyrrole nitrogens is 4. The Hall–Kier alpha value is -9.62. The minimum atomic E-state index is -4.16. The molecule has 0 spiro atoms. The molecule has 0 aromatic carbocycles. The van der Waals surface area contributed by atoms with Gasteiger partial charge in [-0.1, -0.05) is 0 Å². The van der Waals surface area contributed by atoms with Crippen molar-refractivity contribution in [1.82, 2.24) is 75.4 Å². The molecule has 7 N–H and O–H groups in total. The Labute approximate surface area is 649 Å². The molecule has 30 heteroatoms. The Morgan fingerprint density at radius 3 is 1.29 bits per heavy atom. The van der Waals surface area contributed by atoms with E-state index < -0.39 is 17.9 Å². The van der Waals surface area contributed by atoms with Crippen LogP contribution in [-0.4, -0.2) is 224 Å². The maximum Gasteiger partial charge on any atom is 0.406 e. The maximum atomic E-state index is 13.4. The number of likely N-dealkylation sites (tertiary alicyclic amines) is 1. The average Bonchev–Trinajstić information content (AvgIpc) is 1.53. The molecule has 19 rings (SSSR count). The number of carbonyl (C=O) groups excluding carboxylic acids is 4. The molecule has 8 aromatic rings. The topological polar surface area (TPSA) is 302 Å². The van der Waals surface area contributed by atoms with Crippen LogP contribution in [0.4, 0.5) is 40.3 Å². The summed E-state index contributed by atoms with van der Waals surface area (Å²) < 4.78 is 58.5. The van der Waals surface area contributed by atoms with Gasteiger partial charge in [-0.25, -0.2) is 24.3 Å². The minimum absolute atomic E-state index is 0.0309. The molecule has 112 heavy (non-hydrogen) atoms. The van der Waals surface area contributed by atoms with E-state index in [4.69, 9.17) is 10.00 Å². The lowest BCUT2D eigenvalue weighted by atomic mass is 9.84. The molecule has 6 aliphatic carbocycles. The SMILES string of the molecule is CN1CN(C2CCC(CNC3(C#N)CC3)CC2)c2c(cnc3[nH]ccc23)C1=O.CN1CN(C2CCC(CNC3(C(F)(F)F)CC3)CC2)c2c(cnc3[nH]ccc23)C1=O.CN1CN(C2CCC(COCCC#N)CC2)c2c(cnc3[nH]ccc23)C1=O.O=C1NCN(C2CCC(CN3CC[C@H](F)C3)CC2)c2c1cnc1[nH]ccc21. The molecule has 4 amide bonds. The summed E-state index contributed by atoms with van der Waals surface area (Å²) >= 11 is 0. The van der Waals surface area contributed by atoms with Gasteiger partial charge in [-0.05, 0) is 196 Å². The molecule has 1 saturated heterocycles. The number of rotatable bonds is 16. The van der Waals surface area contributed by atoms with Crippen LogP contribution in [0.3, 0.4) is 0 Å². The van der Waals surface area contributed by atoms with Crippen molar-refractivity contribution in [3.8, 4) is 12.1 Å². The Morgan fingerprint density at radius 2 is 0.911 bits per heavy atom. The van der Waals surface area contributed by atoms with E-state index >= 15 is 0 Å². The monoisotopic (exact) mass is 1540 g/mol. The smallest absolute Gasteiger partial charge is 0.380 e. The van der Waals surface area contributed by atoms with Gasteiger partial charge in [0.1, 0.15) is 39.8 Å². The van der Waals surface area contributed by atoms with E-state index in [1.807, 2.05) is 63.1 Å². The van der Waals surface area contributed by atoms with Crippen molar-refractivity contribution in [2.75, 3.05) is 113 Å². The minimum Gasteiger partial charge on any atom is -0.380 e. The highest BCUT2D eigenvalue weighted by Crippen LogP contribution is 2.50. The second kappa shape index (κ2) is 32.1. The molecule has 1 atom stereocenters. The van der Waals surface area contributed by atoms with Crippen molar-refractivity contribution in [3.63, 3.8) is 0 Å². The maximum absolute atomic E-state index is 13.4. The fourth-order valence-electron chi connectivity index (χ4n) is 19.2. The normalized spacial score (nSPS) is 26.1. The molecule has 11 aliphatic rings. The third-order valence-electron chi connectivity index (χ3n) is 26.0. The first-order valence-electron chi connectivity index (χ1n) is 40.5. The van der Waals surface area contributed by atoms with Gasteiger partial charge in [0, 0.05) is 143 Å². The molecule has 8 aromatic heterocycles. The number of nitrogens with one attached hydrogen (secondary N) is 7. The number of carbonyl (C=O) groups is 4. The standard InChI is InChI=1S/C21H26F3N5O.C21H26N6O.C20H26FN5O.C20H25N5O2/c1-28-12-29(17-15-6-9-25-18(15)26-11-16(17)19(28)30)14-4-2-13(3-5-14)10-27-20(7-8-20)21(22,23)24;1-26-13-27(18-16-6-9-23-19(16)24-11-17(18)20(26)28)15-4-2-14(3-5-15)10-25-21(12-22)7-8-21;21-14-6-8-25(11-14)10-13-1-3-15(4-2-13)26-12-24-20(27)17-9-23-19-16(18(17)26)5-7-22-19;1-24-13-25(15-5-3-14(4-6-15)12-27-10-2-8-21)18-16-7-9-22-19(16)23-11-17(18)20(24)26/h6,9,11,13-14,27H,2-5,7-8,10,12H2,1H3,(H,25,26);6,9,11,14-15,25H,2-5,7-8,10,13H2,1H3,(H,23,24);5,7,9,13-15H,1-4,6,8,10-12H2,(H,22,23)(H,24,27);7,9,11,14-15H,2-6,10,12-13H2,1H3,(H,22,23)/t;;13?,14-,15?;/m..0./s1. The number of nitrogens with zero attached hydrogens (tertiary/aromatic N) is 14. The largest absolute Gasteiger partial charge is 0.406 e. The van der Waals surface area contributed by atoms with Gasteiger partial charge in [0.25, 0.3) is 23.6 Å². The van der Waals surface area contributed by atoms with Gasteiger partial charge in [0.05, 0.1) is 96.8 Å². The average molecular weight is 1540 g/mol. The second-order valence-corrected chi connectivity index (χ2v) is 33.4. The molecular weight excluding hydrogens is 1440 g/mol. The van der Waals surface area contributed by atoms with Gasteiger partial charge >= 0.3 is 6.18 Å². The summed E-state index contributed by atoms with van der Waals surface area (Å²) in [6, 6.07) is 14.1. The summed E-state index contributed by atoms with van der Waals surface area (Å²) in [5, 5.41) is 31.2. The van der Waals surface area contributed by atoms with E-state index in [0.717, 1.165) is 196 Å². The highest BCUT2D eigenvalue weighted by atomic mass is 19.4. The summed E-state index contributed by atoms with van der Waals surface area (Å²) in [6.07, 6.45) is 30.0. The van der Waals surface area contributed by atoms with Gasteiger partial charge < -0.3 is 74.5 Å². The number of nitriles is 2. The molecular formula is C82H103F4N21O5. The fraction of sp³-hybridized carbons (Fsp3) is 0.585. The molecule has 7 fully saturated rings. The highest BCUT2D eigenvalue weighted by Gasteiger charge is 2.63. The van der Waals surface area contributed by atoms with E-state index in [0.29, 0.717) is 117 Å². The molecule has 13 heterocycles. The Balaban J connectivity index is 0.000000113. The quantitative estimate of drug-likeness (QED) is 0.0349. The molecule has 6 saturated carbocycles. The van der Waals surface area contributed by atoms with Crippen LogP contribution in [0.25, 0.3) is 44.1 Å². The lowest BCUT2D eigenvalue weighted by molar-refractivity contribution is -0.166. The predicted octanol–water partition coefficient (Wildman–Crippen LogP) is 11.8. The number of ether oxygens (including phenoxy) is 1. The molecule has 0 unspecified atom stereocenters. The number of amides is 4. The summed E-state index contributed by atoms with van der Waals surface area (Å²) in [7, 11) is 5.52. The first kappa shape index (κ1) is 76.4. The molecule has 594 valence electrons. The van der Waals surface area contributed by atoms with Crippen LogP contribution in [-0.2, 0) is 4.74 Å². The molecule has 5 aliphatic heterocycles. The number of pyridine rings is 4. The van der Waals surface area contributed by atoms with Crippen molar-refractivity contribution < 1.29 is 41.5 Å². The Kier molecular flexibility index (Phi) is 21.9. The number of hydrogen-bond acceptors (Lipinski definition) is 18. The van der Waals surface area contributed by atoms with Gasteiger partial charge in [-0.15, -0.1) is 0 Å². The number of alkyl halides is 4. The molecule has 0 bridgehead atoms. The Morgan fingerprint density at radius 1 is 0.518 bits per heavy atom. The van der Waals surface area contributed by atoms with Crippen LogP contribution in [0.1, 0.15) is 183 Å². The number of hydrogen-bond donors (Lipinski definition) is 7. The lowest BCUT2D eigenvalue weighted by Crippen LogP contribution is -2.51. The zero-order chi connectivity index (χ0) is 77.6. The third-order valence-corrected chi connectivity index (χ3v) is 26.0. The predicted molar refractivity (Wildman–Crippen MR) is 419 cm³/mol. The summed E-state index contributed by atoms with van der Waals surface area (Å²) in [6.45, 7) is 7.51. The van der Waals surface area contributed by atoms with Gasteiger partial charge in [-0.3, -0.25) is 24.5 Å². The number of fused-ring (bicyclic) bond motifs is 12. The van der Waals surface area contributed by atoms with Crippen LogP contribution >= 0.6 is 0 Å². The first-order valence-corrected chi connectivity index (χ1v) is 40.5. The lowest BCUT2D eigenvalue weighted by Gasteiger charge is -2.44. The van der Waals surface area contributed by atoms with E-state index in [1.165, 1.54) is 12.8 Å². The zero-order valence-corrected chi connectivity index (χ0v) is 64.3. The first-order chi connectivity index (χ1) is 54.3. The van der Waals surface area contributed by atoms with Crippen LogP contribution in [0, 0.1) is 46.3 Å². The van der Waals surface area contributed by atoms with Crippen molar-refractivity contribution in [2.45, 2.75) is 189 Å². The summed E-state index contributed by atoms with van der Waals surface area (Å²) in [5.41, 5.74) is 8.09. The zero-order valence-electron chi connectivity index (χ0n) is 64.3. The van der Waals surface area contributed by atoms with Gasteiger partial charge in [0.2, 0.25) is 0 Å². The fourth-order valence-corrected chi connectivity index (χ4v) is 19.2. The highest BCUT2D eigenvalue weighted by molar-refractivity contribution is 6.11. The van der Waals surface area contributed by atoms with E-state index in [2.05, 4.69) is 92.5 Å². The van der Waals surface area contributed by atoms with Crippen LogP contribution in [0.2, 0.25) is 0 Å². The van der Waals surface area contributed by atoms with Crippen molar-refractivity contribution in [1.29, 1.82) is 10.5 Å². The van der Waals surface area contributed by atoms with Crippen molar-refractivity contribution in [3.05, 3.63) is 96.1 Å². The van der Waals surface area contributed by atoms with Gasteiger partial charge in [-0.2, -0.15) is 23.7 Å². The Bertz CT molecular complexity index is 4810. The number of halogens is 4. The van der Waals surface area contributed by atoms with Crippen LogP contribution in [0.5, 0.6) is 0 Å². The number of aromatic amines is 4. The van der Waals surface area contributed by atoms with Crippen molar-refractivity contribution in [2.24, 2.45) is 23.7 Å². The summed E-state index contributed by atoms with van der Waals surface area (Å²) in [4.78, 5) is 97.5. The van der Waals surface area contributed by atoms with Gasteiger partial charge in [0.15, 0.2) is 0 Å². The van der Waals surface area contributed by atoms with Crippen LogP contribution < -0.4 is 35.6 Å². The van der Waals surface area contributed by atoms with E-state index in [9.17, 15) is 42.0 Å².